The first kappa shape index (κ1) is 13.3. The Morgan fingerprint density at radius 1 is 1.29 bits per heavy atom. The van der Waals surface area contributed by atoms with Crippen LogP contribution >= 0.6 is 11.8 Å². The summed E-state index contributed by atoms with van der Waals surface area (Å²) in [7, 11) is 0. The van der Waals surface area contributed by atoms with Gasteiger partial charge >= 0.3 is 0 Å². The Morgan fingerprint density at radius 2 is 2.00 bits per heavy atom. The van der Waals surface area contributed by atoms with E-state index in [2.05, 4.69) is 26.1 Å². The van der Waals surface area contributed by atoms with E-state index in [-0.39, 0.29) is 0 Å². The van der Waals surface area contributed by atoms with Crippen molar-refractivity contribution in [2.75, 3.05) is 5.75 Å². The maximum absolute atomic E-state index is 4.79. The molecular weight excluding hydrogens is 228 g/mol. The lowest BCUT2D eigenvalue weighted by Crippen LogP contribution is -2.35. The molecule has 0 aromatic carbocycles. The molecule has 1 aliphatic carbocycles. The number of nitrogens with one attached hydrogen (secondary N) is 1. The van der Waals surface area contributed by atoms with Crippen molar-refractivity contribution in [3.05, 3.63) is 0 Å². The average Bonchev–Trinajstić information content (AvgIpc) is 2.79. The van der Waals surface area contributed by atoms with E-state index in [0.29, 0.717) is 18.0 Å². The predicted octanol–water partition coefficient (Wildman–Crippen LogP) is 3.67. The van der Waals surface area contributed by atoms with Crippen LogP contribution in [-0.2, 0) is 0 Å². The van der Waals surface area contributed by atoms with Gasteiger partial charge in [-0.05, 0) is 37.5 Å². The molecule has 1 N–H and O–H groups in total. The van der Waals surface area contributed by atoms with E-state index in [0.717, 1.165) is 5.92 Å². The summed E-state index contributed by atoms with van der Waals surface area (Å²) >= 11 is 1.92. The molecule has 0 spiro atoms. The highest BCUT2D eigenvalue weighted by Crippen LogP contribution is 2.28. The lowest BCUT2D eigenvalue weighted by molar-refractivity contribution is 0.306. The SMILES string of the molecule is CCC1CCC(NC2=NC(C(C)C)CS2)CC1. The molecule has 1 unspecified atom stereocenters. The van der Waals surface area contributed by atoms with Crippen molar-refractivity contribution in [2.45, 2.75) is 65.0 Å². The van der Waals surface area contributed by atoms with Gasteiger partial charge in [0, 0.05) is 11.8 Å². The lowest BCUT2D eigenvalue weighted by Gasteiger charge is -2.28. The fourth-order valence-electron chi connectivity index (χ4n) is 2.70. The van der Waals surface area contributed by atoms with Crippen molar-refractivity contribution in [1.82, 2.24) is 5.32 Å². The maximum atomic E-state index is 4.79. The molecule has 2 nitrogen and oxygen atoms in total. The van der Waals surface area contributed by atoms with Crippen LogP contribution in [0.1, 0.15) is 52.9 Å². The second-order valence-corrected chi connectivity index (χ2v) is 6.84. The van der Waals surface area contributed by atoms with Crippen LogP contribution in [0.15, 0.2) is 4.99 Å². The van der Waals surface area contributed by atoms with Crippen molar-refractivity contribution >= 4 is 16.9 Å². The molecule has 1 heterocycles. The van der Waals surface area contributed by atoms with Gasteiger partial charge in [-0.3, -0.25) is 4.99 Å². The van der Waals surface area contributed by atoms with Crippen molar-refractivity contribution in [1.29, 1.82) is 0 Å². The normalized spacial score (nSPS) is 33.9. The molecule has 1 atom stereocenters. The van der Waals surface area contributed by atoms with Crippen molar-refractivity contribution in [2.24, 2.45) is 16.8 Å². The molecule has 1 fully saturated rings. The summed E-state index contributed by atoms with van der Waals surface area (Å²) in [5, 5.41) is 4.87. The van der Waals surface area contributed by atoms with Gasteiger partial charge in [-0.25, -0.2) is 0 Å². The third kappa shape index (κ3) is 3.64. The van der Waals surface area contributed by atoms with E-state index in [1.165, 1.54) is 43.0 Å². The zero-order chi connectivity index (χ0) is 12.3. The number of aliphatic imine (C=N–C) groups is 1. The van der Waals surface area contributed by atoms with Gasteiger partial charge in [0.05, 0.1) is 6.04 Å². The molecule has 98 valence electrons. The summed E-state index contributed by atoms with van der Waals surface area (Å²) in [6, 6.07) is 1.23. The minimum atomic E-state index is 0.537. The van der Waals surface area contributed by atoms with Gasteiger partial charge in [-0.1, -0.05) is 39.0 Å². The molecule has 0 bridgehead atoms. The Hall–Kier alpha value is -0.180. The first-order valence-electron chi connectivity index (χ1n) is 7.16. The summed E-state index contributed by atoms with van der Waals surface area (Å²) in [5.41, 5.74) is 0. The minimum absolute atomic E-state index is 0.537. The van der Waals surface area contributed by atoms with E-state index in [1.54, 1.807) is 0 Å². The Balaban J connectivity index is 1.77. The van der Waals surface area contributed by atoms with Gasteiger partial charge in [0.1, 0.15) is 0 Å². The Kier molecular flexibility index (Phi) is 4.78. The van der Waals surface area contributed by atoms with Crippen molar-refractivity contribution in [3.63, 3.8) is 0 Å². The van der Waals surface area contributed by atoms with Gasteiger partial charge in [-0.15, -0.1) is 0 Å². The first-order valence-corrected chi connectivity index (χ1v) is 8.14. The molecule has 1 saturated carbocycles. The van der Waals surface area contributed by atoms with Crippen LogP contribution in [-0.4, -0.2) is 23.0 Å². The lowest BCUT2D eigenvalue weighted by atomic mass is 9.85. The van der Waals surface area contributed by atoms with E-state index >= 15 is 0 Å². The Morgan fingerprint density at radius 3 is 2.53 bits per heavy atom. The molecule has 1 aliphatic heterocycles. The maximum Gasteiger partial charge on any atom is 0.157 e. The van der Waals surface area contributed by atoms with Crippen molar-refractivity contribution in [3.8, 4) is 0 Å². The van der Waals surface area contributed by atoms with Gasteiger partial charge < -0.3 is 5.32 Å². The van der Waals surface area contributed by atoms with Crippen LogP contribution in [0.5, 0.6) is 0 Å². The van der Waals surface area contributed by atoms with Crippen LogP contribution in [0.25, 0.3) is 0 Å². The molecule has 0 amide bonds. The number of nitrogens with zero attached hydrogens (tertiary/aromatic N) is 1. The van der Waals surface area contributed by atoms with Crippen LogP contribution in [0, 0.1) is 11.8 Å². The van der Waals surface area contributed by atoms with Gasteiger partial charge in [0.2, 0.25) is 0 Å². The fraction of sp³-hybridized carbons (Fsp3) is 0.929. The van der Waals surface area contributed by atoms with Crippen LogP contribution < -0.4 is 5.32 Å². The highest BCUT2D eigenvalue weighted by Gasteiger charge is 2.25. The van der Waals surface area contributed by atoms with Gasteiger partial charge in [-0.2, -0.15) is 0 Å². The van der Waals surface area contributed by atoms with Crippen LogP contribution in [0.2, 0.25) is 0 Å². The molecule has 0 saturated heterocycles. The van der Waals surface area contributed by atoms with Gasteiger partial charge in [0.25, 0.3) is 0 Å². The number of rotatable bonds is 3. The zero-order valence-corrected chi connectivity index (χ0v) is 12.2. The standard InChI is InChI=1S/C14H26N2S/c1-4-11-5-7-12(8-6-11)15-14-16-13(9-17-14)10(2)3/h10-13H,4-9H2,1-3H3,(H,15,16). The first-order chi connectivity index (χ1) is 8.19. The van der Waals surface area contributed by atoms with E-state index in [4.69, 9.17) is 4.99 Å². The summed E-state index contributed by atoms with van der Waals surface area (Å²) in [6.45, 7) is 6.86. The largest absolute Gasteiger partial charge is 0.362 e. The average molecular weight is 254 g/mol. The van der Waals surface area contributed by atoms with Crippen molar-refractivity contribution < 1.29 is 0 Å². The molecule has 2 rings (SSSR count). The molecule has 3 heteroatoms. The molecular formula is C14H26N2S. The molecule has 17 heavy (non-hydrogen) atoms. The summed E-state index contributed by atoms with van der Waals surface area (Å²) in [4.78, 5) is 4.79. The second kappa shape index (κ2) is 6.12. The Labute approximate surface area is 110 Å². The monoisotopic (exact) mass is 254 g/mol. The zero-order valence-electron chi connectivity index (χ0n) is 11.4. The minimum Gasteiger partial charge on any atom is -0.362 e. The molecule has 0 radical (unpaired) electrons. The third-order valence-corrected chi connectivity index (χ3v) is 5.20. The van der Waals surface area contributed by atoms with Crippen LogP contribution in [0.3, 0.4) is 0 Å². The Bertz CT molecular complexity index is 267. The fourth-order valence-corrected chi connectivity index (χ4v) is 3.95. The molecule has 0 aromatic rings. The number of thioether (sulfide) groups is 1. The van der Waals surface area contributed by atoms with Gasteiger partial charge in [0.15, 0.2) is 5.17 Å². The summed E-state index contributed by atoms with van der Waals surface area (Å²) in [5.74, 6) is 2.83. The van der Waals surface area contributed by atoms with Crippen LogP contribution in [0.4, 0.5) is 0 Å². The quantitative estimate of drug-likeness (QED) is 0.831. The van der Waals surface area contributed by atoms with E-state index in [1.807, 2.05) is 11.8 Å². The molecule has 2 aliphatic rings. The molecule has 0 aromatic heterocycles. The highest BCUT2D eigenvalue weighted by atomic mass is 32.2. The number of hydrogen-bond acceptors (Lipinski definition) is 3. The summed E-state index contributed by atoms with van der Waals surface area (Å²) < 4.78 is 0. The topological polar surface area (TPSA) is 24.4 Å². The second-order valence-electron chi connectivity index (χ2n) is 5.83. The summed E-state index contributed by atoms with van der Waals surface area (Å²) in [6.07, 6.45) is 6.84. The van der Waals surface area contributed by atoms with E-state index < -0.39 is 0 Å². The van der Waals surface area contributed by atoms with E-state index in [9.17, 15) is 0 Å². The number of hydrogen-bond donors (Lipinski definition) is 1. The predicted molar refractivity (Wildman–Crippen MR) is 77.7 cm³/mol. The third-order valence-electron chi connectivity index (χ3n) is 4.20. The smallest absolute Gasteiger partial charge is 0.157 e. The number of amidine groups is 1. The highest BCUT2D eigenvalue weighted by molar-refractivity contribution is 8.14.